The van der Waals surface area contributed by atoms with Crippen molar-refractivity contribution in [2.75, 3.05) is 13.1 Å². The molecular formula is C16H21NO. The Morgan fingerprint density at radius 3 is 2.44 bits per heavy atom. The number of piperidine rings is 1. The fraction of sp³-hybridized carbons (Fsp3) is 0.438. The number of hydrogen-bond donors (Lipinski definition) is 0. The highest BCUT2D eigenvalue weighted by atomic mass is 16.2. The summed E-state index contributed by atoms with van der Waals surface area (Å²) in [4.78, 5) is 14.2. The van der Waals surface area contributed by atoms with Crippen LogP contribution in [0.5, 0.6) is 0 Å². The van der Waals surface area contributed by atoms with E-state index in [1.807, 2.05) is 48.2 Å². The summed E-state index contributed by atoms with van der Waals surface area (Å²) in [5, 5.41) is 0. The molecule has 1 aromatic rings. The quantitative estimate of drug-likeness (QED) is 0.729. The van der Waals surface area contributed by atoms with E-state index in [4.69, 9.17) is 0 Å². The molecule has 0 spiro atoms. The van der Waals surface area contributed by atoms with Crippen LogP contribution in [-0.4, -0.2) is 23.9 Å². The van der Waals surface area contributed by atoms with E-state index in [-0.39, 0.29) is 5.91 Å². The predicted molar refractivity (Wildman–Crippen MR) is 75.1 cm³/mol. The van der Waals surface area contributed by atoms with Crippen LogP contribution in [0.15, 0.2) is 35.9 Å². The Morgan fingerprint density at radius 1 is 1.22 bits per heavy atom. The molecule has 18 heavy (non-hydrogen) atoms. The van der Waals surface area contributed by atoms with Gasteiger partial charge in [0.15, 0.2) is 0 Å². The second kappa shape index (κ2) is 5.85. The molecule has 0 atom stereocenters. The van der Waals surface area contributed by atoms with Gasteiger partial charge in [0.1, 0.15) is 0 Å². The molecule has 2 heteroatoms. The van der Waals surface area contributed by atoms with Crippen LogP contribution in [-0.2, 0) is 4.79 Å². The monoisotopic (exact) mass is 243 g/mol. The Balaban J connectivity index is 2.03. The molecule has 2 rings (SSSR count). The number of amides is 1. The molecule has 0 aromatic heterocycles. The fourth-order valence-corrected chi connectivity index (χ4v) is 2.32. The fourth-order valence-electron chi connectivity index (χ4n) is 2.32. The minimum Gasteiger partial charge on any atom is -0.339 e. The predicted octanol–water partition coefficient (Wildman–Crippen LogP) is 3.35. The van der Waals surface area contributed by atoms with Crippen molar-refractivity contribution in [2.45, 2.75) is 26.7 Å². The van der Waals surface area contributed by atoms with Gasteiger partial charge < -0.3 is 4.90 Å². The molecule has 0 radical (unpaired) electrons. The Labute approximate surface area is 109 Å². The first-order chi connectivity index (χ1) is 8.66. The summed E-state index contributed by atoms with van der Waals surface area (Å²) in [6.45, 7) is 5.97. The van der Waals surface area contributed by atoms with Crippen molar-refractivity contribution in [1.29, 1.82) is 0 Å². The van der Waals surface area contributed by atoms with Crippen LogP contribution in [0.1, 0.15) is 32.3 Å². The Bertz CT molecular complexity index is 428. The summed E-state index contributed by atoms with van der Waals surface area (Å²) in [6.07, 6.45) is 4.23. The average Bonchev–Trinajstić information content (AvgIpc) is 2.40. The minimum absolute atomic E-state index is 0.186. The number of likely N-dealkylation sites (tertiary alicyclic amines) is 1. The van der Waals surface area contributed by atoms with Gasteiger partial charge in [-0.1, -0.05) is 37.3 Å². The van der Waals surface area contributed by atoms with Crippen molar-refractivity contribution >= 4 is 12.0 Å². The van der Waals surface area contributed by atoms with Gasteiger partial charge in [-0.25, -0.2) is 0 Å². The molecule has 0 N–H and O–H groups in total. The van der Waals surface area contributed by atoms with E-state index in [1.165, 1.54) is 0 Å². The van der Waals surface area contributed by atoms with Gasteiger partial charge in [0.05, 0.1) is 0 Å². The molecular weight excluding hydrogens is 222 g/mol. The van der Waals surface area contributed by atoms with Crippen LogP contribution < -0.4 is 0 Å². The molecule has 96 valence electrons. The van der Waals surface area contributed by atoms with E-state index in [0.29, 0.717) is 0 Å². The first kappa shape index (κ1) is 12.9. The lowest BCUT2D eigenvalue weighted by Crippen LogP contribution is -2.38. The van der Waals surface area contributed by atoms with E-state index >= 15 is 0 Å². The second-order valence-corrected chi connectivity index (χ2v) is 5.21. The third-order valence-corrected chi connectivity index (χ3v) is 3.59. The van der Waals surface area contributed by atoms with E-state index in [9.17, 15) is 4.79 Å². The SMILES string of the molecule is C/C(=C\c1ccccc1)C(=O)N1CCC(C)CC1. The Hall–Kier alpha value is -1.57. The zero-order valence-electron chi connectivity index (χ0n) is 11.2. The van der Waals surface area contributed by atoms with Crippen LogP contribution in [0.3, 0.4) is 0 Å². The minimum atomic E-state index is 0.186. The zero-order valence-corrected chi connectivity index (χ0v) is 11.2. The van der Waals surface area contributed by atoms with Crippen molar-refractivity contribution in [3.63, 3.8) is 0 Å². The highest BCUT2D eigenvalue weighted by Gasteiger charge is 2.20. The third-order valence-electron chi connectivity index (χ3n) is 3.59. The maximum absolute atomic E-state index is 12.3. The van der Waals surface area contributed by atoms with Crippen molar-refractivity contribution in [3.8, 4) is 0 Å². The first-order valence-electron chi connectivity index (χ1n) is 6.69. The lowest BCUT2D eigenvalue weighted by molar-refractivity contribution is -0.128. The van der Waals surface area contributed by atoms with Crippen LogP contribution in [0.25, 0.3) is 6.08 Å². The van der Waals surface area contributed by atoms with Gasteiger partial charge in [0, 0.05) is 18.7 Å². The normalized spacial score (nSPS) is 17.9. The van der Waals surface area contributed by atoms with Crippen molar-refractivity contribution in [3.05, 3.63) is 41.5 Å². The maximum Gasteiger partial charge on any atom is 0.249 e. The van der Waals surface area contributed by atoms with Gasteiger partial charge in [0.2, 0.25) is 5.91 Å². The molecule has 2 nitrogen and oxygen atoms in total. The third kappa shape index (κ3) is 3.22. The molecule has 1 aromatic carbocycles. The molecule has 1 aliphatic rings. The standard InChI is InChI=1S/C16H21NO/c1-13-8-10-17(11-9-13)16(18)14(2)12-15-6-4-3-5-7-15/h3-7,12-13H,8-11H2,1-2H3/b14-12+. The van der Waals surface area contributed by atoms with Gasteiger partial charge in [0.25, 0.3) is 0 Å². The summed E-state index contributed by atoms with van der Waals surface area (Å²) >= 11 is 0. The topological polar surface area (TPSA) is 20.3 Å². The van der Waals surface area contributed by atoms with Crippen LogP contribution in [0, 0.1) is 5.92 Å². The van der Waals surface area contributed by atoms with Crippen molar-refractivity contribution < 1.29 is 4.79 Å². The average molecular weight is 243 g/mol. The van der Waals surface area contributed by atoms with E-state index in [1.54, 1.807) is 0 Å². The zero-order chi connectivity index (χ0) is 13.0. The molecule has 0 aliphatic carbocycles. The molecule has 1 fully saturated rings. The summed E-state index contributed by atoms with van der Waals surface area (Å²) in [6, 6.07) is 10.0. The summed E-state index contributed by atoms with van der Waals surface area (Å²) < 4.78 is 0. The number of carbonyl (C=O) groups excluding carboxylic acids is 1. The first-order valence-corrected chi connectivity index (χ1v) is 6.69. The maximum atomic E-state index is 12.3. The number of nitrogens with zero attached hydrogens (tertiary/aromatic N) is 1. The van der Waals surface area contributed by atoms with Crippen LogP contribution in [0.2, 0.25) is 0 Å². The summed E-state index contributed by atoms with van der Waals surface area (Å²) in [5.41, 5.74) is 1.92. The van der Waals surface area contributed by atoms with Crippen LogP contribution in [0.4, 0.5) is 0 Å². The Kier molecular flexibility index (Phi) is 4.19. The smallest absolute Gasteiger partial charge is 0.249 e. The van der Waals surface area contributed by atoms with Gasteiger partial charge in [-0.2, -0.15) is 0 Å². The molecule has 0 unspecified atom stereocenters. The lowest BCUT2D eigenvalue weighted by Gasteiger charge is -2.30. The van der Waals surface area contributed by atoms with Crippen molar-refractivity contribution in [2.24, 2.45) is 5.92 Å². The van der Waals surface area contributed by atoms with Crippen LogP contribution >= 0.6 is 0 Å². The molecule has 1 amide bonds. The summed E-state index contributed by atoms with van der Waals surface area (Å²) in [5.74, 6) is 0.943. The van der Waals surface area contributed by atoms with E-state index in [0.717, 1.165) is 43.0 Å². The highest BCUT2D eigenvalue weighted by molar-refractivity contribution is 5.97. The van der Waals surface area contributed by atoms with E-state index < -0.39 is 0 Å². The number of benzene rings is 1. The lowest BCUT2D eigenvalue weighted by atomic mass is 9.98. The van der Waals surface area contributed by atoms with Gasteiger partial charge >= 0.3 is 0 Å². The van der Waals surface area contributed by atoms with Gasteiger partial charge in [-0.15, -0.1) is 0 Å². The number of rotatable bonds is 2. The Morgan fingerprint density at radius 2 is 1.83 bits per heavy atom. The number of carbonyl (C=O) groups is 1. The second-order valence-electron chi connectivity index (χ2n) is 5.21. The molecule has 1 heterocycles. The molecule has 0 saturated carbocycles. The van der Waals surface area contributed by atoms with Gasteiger partial charge in [-0.3, -0.25) is 4.79 Å². The number of hydrogen-bond acceptors (Lipinski definition) is 1. The highest BCUT2D eigenvalue weighted by Crippen LogP contribution is 2.18. The van der Waals surface area contributed by atoms with Crippen molar-refractivity contribution in [1.82, 2.24) is 4.90 Å². The largest absolute Gasteiger partial charge is 0.339 e. The van der Waals surface area contributed by atoms with E-state index in [2.05, 4.69) is 6.92 Å². The molecule has 1 aliphatic heterocycles. The molecule has 1 saturated heterocycles. The molecule has 0 bridgehead atoms. The summed E-state index contributed by atoms with van der Waals surface area (Å²) in [7, 11) is 0. The van der Waals surface area contributed by atoms with Gasteiger partial charge in [-0.05, 0) is 37.3 Å².